The van der Waals surface area contributed by atoms with E-state index in [0.717, 1.165) is 15.6 Å². The van der Waals surface area contributed by atoms with Crippen LogP contribution in [0, 0.1) is 20.8 Å². The smallest absolute Gasteiger partial charge is 0.311 e. The Morgan fingerprint density at radius 1 is 1.20 bits per heavy atom. The van der Waals surface area contributed by atoms with E-state index < -0.39 is 0 Å². The summed E-state index contributed by atoms with van der Waals surface area (Å²) in [4.78, 5) is 11.3. The van der Waals surface area contributed by atoms with Crippen LogP contribution in [0.5, 0.6) is 5.75 Å². The number of hydrogen-bond acceptors (Lipinski definition) is 2. The van der Waals surface area contributed by atoms with E-state index in [1.165, 1.54) is 5.56 Å². The Balaban J connectivity index is 2.86. The van der Waals surface area contributed by atoms with Crippen molar-refractivity contribution in [2.24, 2.45) is 0 Å². The van der Waals surface area contributed by atoms with E-state index in [2.05, 4.69) is 29.5 Å². The van der Waals surface area contributed by atoms with Crippen LogP contribution in [0.3, 0.4) is 0 Å². The highest BCUT2D eigenvalue weighted by Crippen LogP contribution is 2.22. The Labute approximate surface area is 104 Å². The molecule has 0 aliphatic carbocycles. The van der Waals surface area contributed by atoms with Crippen molar-refractivity contribution in [3.05, 3.63) is 28.8 Å². The summed E-state index contributed by atoms with van der Waals surface area (Å²) in [6, 6.07) is 3.97. The Morgan fingerprint density at radius 2 is 1.80 bits per heavy atom. The largest absolute Gasteiger partial charge is 0.426 e. The van der Waals surface area contributed by atoms with Crippen molar-refractivity contribution in [2.75, 3.05) is 4.43 Å². The molecule has 0 N–H and O–H groups in total. The van der Waals surface area contributed by atoms with E-state index in [-0.39, 0.29) is 5.97 Å². The number of esters is 1. The molecule has 0 bridgehead atoms. The quantitative estimate of drug-likeness (QED) is 0.370. The number of ether oxygens (including phenoxy) is 1. The first-order chi connectivity index (χ1) is 7.04. The summed E-state index contributed by atoms with van der Waals surface area (Å²) in [7, 11) is 0. The Hall–Kier alpha value is -0.580. The molecule has 1 aromatic carbocycles. The minimum absolute atomic E-state index is 0.157. The number of benzene rings is 1. The fourth-order valence-electron chi connectivity index (χ4n) is 1.29. The van der Waals surface area contributed by atoms with E-state index in [0.29, 0.717) is 12.2 Å². The molecule has 0 atom stereocenters. The van der Waals surface area contributed by atoms with Gasteiger partial charge in [0.1, 0.15) is 5.75 Å². The number of hydrogen-bond donors (Lipinski definition) is 0. The molecule has 0 unspecified atom stereocenters. The zero-order valence-corrected chi connectivity index (χ0v) is 11.4. The SMILES string of the molecule is Cc1cc(C)c(OC(=O)CCI)cc1C. The second kappa shape index (κ2) is 5.49. The molecule has 0 saturated heterocycles. The molecule has 15 heavy (non-hydrogen) atoms. The maximum atomic E-state index is 11.3. The molecule has 0 amide bonds. The van der Waals surface area contributed by atoms with Gasteiger partial charge in [-0.15, -0.1) is 0 Å². The van der Waals surface area contributed by atoms with Crippen LogP contribution in [0.25, 0.3) is 0 Å². The van der Waals surface area contributed by atoms with E-state index in [1.807, 2.05) is 26.0 Å². The lowest BCUT2D eigenvalue weighted by atomic mass is 10.1. The maximum absolute atomic E-state index is 11.3. The Kier molecular flexibility index (Phi) is 4.57. The molecule has 3 heteroatoms. The molecular weight excluding hydrogens is 303 g/mol. The van der Waals surface area contributed by atoms with Gasteiger partial charge in [0.25, 0.3) is 0 Å². The average Bonchev–Trinajstić information content (AvgIpc) is 2.14. The summed E-state index contributed by atoms with van der Waals surface area (Å²) < 4.78 is 6.07. The number of alkyl halides is 1. The number of halogens is 1. The third-order valence-corrected chi connectivity index (χ3v) is 2.85. The van der Waals surface area contributed by atoms with Gasteiger partial charge in [-0.2, -0.15) is 0 Å². The van der Waals surface area contributed by atoms with Crippen LogP contribution in [0.4, 0.5) is 0 Å². The van der Waals surface area contributed by atoms with Gasteiger partial charge in [0.15, 0.2) is 0 Å². The highest BCUT2D eigenvalue weighted by atomic mass is 127. The molecule has 1 aromatic rings. The third-order valence-electron chi connectivity index (χ3n) is 2.31. The zero-order valence-electron chi connectivity index (χ0n) is 9.26. The standard InChI is InChI=1S/C12H15IO2/c1-8-6-10(3)11(7-9(8)2)15-12(14)4-5-13/h6-7H,4-5H2,1-3H3. The highest BCUT2D eigenvalue weighted by Gasteiger charge is 2.07. The molecule has 0 aromatic heterocycles. The predicted molar refractivity (Wildman–Crippen MR) is 69.8 cm³/mol. The van der Waals surface area contributed by atoms with Gasteiger partial charge in [-0.05, 0) is 43.5 Å². The van der Waals surface area contributed by atoms with Crippen molar-refractivity contribution in [3.8, 4) is 5.75 Å². The van der Waals surface area contributed by atoms with Gasteiger partial charge in [-0.1, -0.05) is 28.7 Å². The summed E-state index contributed by atoms with van der Waals surface area (Å²) in [5.41, 5.74) is 3.39. The van der Waals surface area contributed by atoms with Crippen molar-refractivity contribution in [3.63, 3.8) is 0 Å². The summed E-state index contributed by atoms with van der Waals surface area (Å²) >= 11 is 2.17. The first-order valence-electron chi connectivity index (χ1n) is 4.89. The van der Waals surface area contributed by atoms with Crippen LogP contribution in [0.1, 0.15) is 23.1 Å². The van der Waals surface area contributed by atoms with Gasteiger partial charge < -0.3 is 4.74 Å². The van der Waals surface area contributed by atoms with Crippen molar-refractivity contribution >= 4 is 28.6 Å². The van der Waals surface area contributed by atoms with Crippen LogP contribution >= 0.6 is 22.6 Å². The second-order valence-corrected chi connectivity index (χ2v) is 4.69. The summed E-state index contributed by atoms with van der Waals surface area (Å²) in [5, 5.41) is 0. The van der Waals surface area contributed by atoms with Crippen LogP contribution in [-0.2, 0) is 4.79 Å². The van der Waals surface area contributed by atoms with Crippen LogP contribution in [0.15, 0.2) is 12.1 Å². The van der Waals surface area contributed by atoms with Crippen molar-refractivity contribution < 1.29 is 9.53 Å². The summed E-state index contributed by atoms with van der Waals surface area (Å²) in [5.74, 6) is 0.531. The van der Waals surface area contributed by atoms with Gasteiger partial charge in [0, 0.05) is 4.43 Å². The molecular formula is C12H15IO2. The fraction of sp³-hybridized carbons (Fsp3) is 0.417. The Morgan fingerprint density at radius 3 is 2.40 bits per heavy atom. The molecule has 0 saturated carbocycles. The van der Waals surface area contributed by atoms with Gasteiger partial charge in [-0.25, -0.2) is 0 Å². The molecule has 1 rings (SSSR count). The van der Waals surface area contributed by atoms with E-state index in [1.54, 1.807) is 0 Å². The summed E-state index contributed by atoms with van der Waals surface area (Å²) in [6.45, 7) is 6.03. The maximum Gasteiger partial charge on any atom is 0.311 e. The van der Waals surface area contributed by atoms with E-state index in [9.17, 15) is 4.79 Å². The molecule has 0 heterocycles. The van der Waals surface area contributed by atoms with Crippen molar-refractivity contribution in [2.45, 2.75) is 27.2 Å². The van der Waals surface area contributed by atoms with Crippen molar-refractivity contribution in [1.82, 2.24) is 0 Å². The molecule has 0 spiro atoms. The minimum atomic E-state index is -0.157. The zero-order chi connectivity index (χ0) is 11.4. The predicted octanol–water partition coefficient (Wildman–Crippen LogP) is 3.34. The van der Waals surface area contributed by atoms with Gasteiger partial charge in [0.05, 0.1) is 6.42 Å². The van der Waals surface area contributed by atoms with E-state index in [4.69, 9.17) is 4.74 Å². The molecule has 82 valence electrons. The molecule has 0 fully saturated rings. The first kappa shape index (κ1) is 12.5. The number of carbonyl (C=O) groups excluding carboxylic acids is 1. The molecule has 2 nitrogen and oxygen atoms in total. The average molecular weight is 318 g/mol. The van der Waals surface area contributed by atoms with Crippen LogP contribution < -0.4 is 4.74 Å². The van der Waals surface area contributed by atoms with Gasteiger partial charge in [0.2, 0.25) is 0 Å². The van der Waals surface area contributed by atoms with Crippen LogP contribution in [0.2, 0.25) is 0 Å². The van der Waals surface area contributed by atoms with Gasteiger partial charge >= 0.3 is 5.97 Å². The normalized spacial score (nSPS) is 10.1. The molecule has 0 radical (unpaired) electrons. The van der Waals surface area contributed by atoms with Crippen LogP contribution in [-0.4, -0.2) is 10.4 Å². The minimum Gasteiger partial charge on any atom is -0.426 e. The monoisotopic (exact) mass is 318 g/mol. The third kappa shape index (κ3) is 3.48. The highest BCUT2D eigenvalue weighted by molar-refractivity contribution is 14.1. The van der Waals surface area contributed by atoms with Crippen molar-refractivity contribution in [1.29, 1.82) is 0 Å². The van der Waals surface area contributed by atoms with Gasteiger partial charge in [-0.3, -0.25) is 4.79 Å². The lowest BCUT2D eigenvalue weighted by molar-refractivity contribution is -0.133. The first-order valence-corrected chi connectivity index (χ1v) is 6.41. The lowest BCUT2D eigenvalue weighted by Crippen LogP contribution is -2.09. The number of carbonyl (C=O) groups is 1. The molecule has 0 aliphatic rings. The number of rotatable bonds is 3. The topological polar surface area (TPSA) is 26.3 Å². The fourth-order valence-corrected chi connectivity index (χ4v) is 1.74. The van der Waals surface area contributed by atoms with E-state index >= 15 is 0 Å². The summed E-state index contributed by atoms with van der Waals surface area (Å²) in [6.07, 6.45) is 0.465. The lowest BCUT2D eigenvalue weighted by Gasteiger charge is -2.09. The Bertz CT molecular complexity index is 372. The molecule has 0 aliphatic heterocycles. The second-order valence-electron chi connectivity index (χ2n) is 3.62. The number of aryl methyl sites for hydroxylation is 3.